The van der Waals surface area contributed by atoms with E-state index in [0.717, 1.165) is 68.3 Å². The summed E-state index contributed by atoms with van der Waals surface area (Å²) in [6.07, 6.45) is 8.28. The van der Waals surface area contributed by atoms with Crippen molar-refractivity contribution in [3.05, 3.63) is 242 Å². The maximum Gasteiger partial charge on any atom is 0.268 e. The summed E-state index contributed by atoms with van der Waals surface area (Å²) in [7, 11) is 0. The smallest absolute Gasteiger partial charge is 0.268 e. The molecule has 4 heterocycles. The molecule has 0 amide bonds. The maximum absolute atomic E-state index is 9.97. The van der Waals surface area contributed by atoms with Gasteiger partial charge < -0.3 is 18.4 Å². The van der Waals surface area contributed by atoms with Crippen LogP contribution >= 0.6 is 0 Å². The van der Waals surface area contributed by atoms with Crippen molar-refractivity contribution in [1.29, 1.82) is 0 Å². The van der Waals surface area contributed by atoms with Gasteiger partial charge in [0.1, 0.15) is 5.82 Å². The van der Waals surface area contributed by atoms with Crippen LogP contribution < -0.4 is 9.30 Å². The summed E-state index contributed by atoms with van der Waals surface area (Å²) in [6.45, 7) is 11.0. The van der Waals surface area contributed by atoms with E-state index in [1.165, 1.54) is 10.8 Å². The fourth-order valence-corrected chi connectivity index (χ4v) is 11.4. The average Bonchev–Trinajstić information content (AvgIpc) is 1.50. The van der Waals surface area contributed by atoms with Crippen LogP contribution in [-0.4, -0.2) is 18.7 Å². The Morgan fingerprint density at radius 3 is 1.95 bits per heavy atom. The molecule has 79 heavy (non-hydrogen) atoms. The molecule has 9 aromatic carbocycles. The number of nitrogens with zero attached hydrogens (tertiary/aromatic N) is 5. The average molecular weight is 1220 g/mol. The molecule has 0 spiro atoms. The van der Waals surface area contributed by atoms with Gasteiger partial charge in [-0.1, -0.05) is 167 Å². The molecule has 0 radical (unpaired) electrons. The largest absolute Gasteiger partial charge is 0.510 e. The Labute approximate surface area is 491 Å². The van der Waals surface area contributed by atoms with Gasteiger partial charge >= 0.3 is 0 Å². The minimum atomic E-state index is -0.949. The first-order valence-electron chi connectivity index (χ1n) is 32.0. The van der Waals surface area contributed by atoms with Crippen LogP contribution in [0.1, 0.15) is 92.4 Å². The molecule has 0 saturated heterocycles. The zero-order valence-corrected chi connectivity index (χ0v) is 46.5. The molecule has 0 N–H and O–H groups in total. The number of imidazole rings is 1. The van der Waals surface area contributed by atoms with Crippen molar-refractivity contribution in [2.24, 2.45) is 5.41 Å². The summed E-state index contributed by atoms with van der Waals surface area (Å²) in [5.41, 5.74) is 8.20. The number of rotatable bonds is 9. The van der Waals surface area contributed by atoms with Gasteiger partial charge in [0.25, 0.3) is 6.33 Å². The first-order valence-corrected chi connectivity index (χ1v) is 26.5. The molecule has 6 nitrogen and oxygen atoms in total. The number of aromatic nitrogens is 5. The number of ether oxygens (including phenoxy) is 1. The number of hydrogen-bond donors (Lipinski definition) is 0. The zero-order valence-electron chi connectivity index (χ0n) is 55.2. The Balaban J connectivity index is 0.00000743. The summed E-state index contributed by atoms with van der Waals surface area (Å²) >= 11 is 0. The first-order chi connectivity index (χ1) is 42.5. The van der Waals surface area contributed by atoms with Crippen LogP contribution in [0.4, 0.5) is 0 Å². The Bertz CT molecular complexity index is 4930. The van der Waals surface area contributed by atoms with E-state index in [1.54, 1.807) is 33.4 Å². The fraction of sp³-hybridized carbons (Fsp3) is 0.167. The third-order valence-electron chi connectivity index (χ3n) is 15.6. The normalized spacial score (nSPS) is 16.2. The summed E-state index contributed by atoms with van der Waals surface area (Å²) in [5.74, 6) is 0.497. The second kappa shape index (κ2) is 19.9. The Morgan fingerprint density at radius 1 is 0.620 bits per heavy atom. The quantitative estimate of drug-likeness (QED) is 0.107. The van der Waals surface area contributed by atoms with Gasteiger partial charge in [0.05, 0.1) is 41.5 Å². The Hall–Kier alpha value is -8.31. The van der Waals surface area contributed by atoms with Crippen LogP contribution in [0.15, 0.2) is 212 Å². The molecule has 4 aromatic heterocycles. The third kappa shape index (κ3) is 8.97. The molecule has 1 aliphatic rings. The fourth-order valence-electron chi connectivity index (χ4n) is 11.4. The monoisotopic (exact) mass is 1220 g/mol. The molecule has 0 aliphatic heterocycles. The second-order valence-electron chi connectivity index (χ2n) is 22.1. The molecule has 390 valence electrons. The first kappa shape index (κ1) is 39.1. The molecular weight excluding hydrogens is 1150 g/mol. The van der Waals surface area contributed by atoms with Crippen molar-refractivity contribution in [3.63, 3.8) is 0 Å². The van der Waals surface area contributed by atoms with E-state index < -0.39 is 66.3 Å². The topological polar surface area (TPSA) is 40.8 Å². The molecule has 1 fully saturated rings. The van der Waals surface area contributed by atoms with Gasteiger partial charge in [0.2, 0.25) is 0 Å². The minimum absolute atomic E-state index is 0. The molecule has 0 atom stereocenters. The van der Waals surface area contributed by atoms with Gasteiger partial charge in [0.15, 0.2) is 0 Å². The minimum Gasteiger partial charge on any atom is -0.510 e. The molecule has 14 rings (SSSR count). The van der Waals surface area contributed by atoms with Gasteiger partial charge in [-0.25, -0.2) is 4.98 Å². The second-order valence-corrected chi connectivity index (χ2v) is 22.1. The van der Waals surface area contributed by atoms with Crippen molar-refractivity contribution in [2.75, 3.05) is 0 Å². The van der Waals surface area contributed by atoms with Crippen LogP contribution in [-0.2, 0) is 26.5 Å². The molecular formula is C72H59N5OPt-2. The van der Waals surface area contributed by atoms with Crippen LogP contribution in [0.5, 0.6) is 11.5 Å². The van der Waals surface area contributed by atoms with E-state index in [-0.39, 0.29) is 59.8 Å². The molecule has 1 aliphatic carbocycles. The van der Waals surface area contributed by atoms with Crippen molar-refractivity contribution in [2.45, 2.75) is 71.6 Å². The predicted octanol–water partition coefficient (Wildman–Crippen LogP) is 18.0. The predicted molar refractivity (Wildman–Crippen MR) is 319 cm³/mol. The van der Waals surface area contributed by atoms with Crippen molar-refractivity contribution < 1.29 is 45.4 Å². The molecule has 7 heteroatoms. The summed E-state index contributed by atoms with van der Waals surface area (Å²) in [6, 6.07) is 49.2. The molecule has 0 bridgehead atoms. The SMILES string of the molecule is [2H]c1c([2H])c([2H])c(-c2cccc(-c3c([2H])c([2H])c([2H])c([2H])c3[2H])c2-[n+]2[c-]n(-c3[c-]c(Oc4[c-]c5c(cc4)c4cc(-n6c7ccccc7c7ccccc76)ccc4n5-c4cc(C(C)(C)C)ccn4)ccc3)c3cc(C4([2H])CCC(C)(C)CC4)ccc32)c([2H])c1[2H].[Pt]. The van der Waals surface area contributed by atoms with Gasteiger partial charge in [0, 0.05) is 62.1 Å². The van der Waals surface area contributed by atoms with Crippen LogP contribution in [0.25, 0.3) is 99.8 Å². The van der Waals surface area contributed by atoms with Crippen molar-refractivity contribution >= 4 is 54.6 Å². The van der Waals surface area contributed by atoms with Crippen LogP contribution in [0, 0.1) is 23.9 Å². The standard InChI is InChI=1S/C72H59N5O.Pt/c1-71(2,3)52-38-41-73-69(43-52)77-65-35-31-54(76-63-28-14-12-24-59(63)60-25-13-15-29-64(60)76)45-62(65)61-33-32-56(46-67(61)77)78-55-23-16-22-53(44-55)74-47-75(66-34-30-51(42-68(66)74)48-36-39-72(4,5)40-37-48)70-57(49-18-8-6-9-19-49)26-17-27-58(70)50-20-10-7-11-21-50;/h6-35,38,41-43,45,48H,36-37,39-40H2,1-5H3;/q-2;/i6D,7D,8D,9D,10D,11D,18D,19D,20D,21D,48D;. The number of pyridine rings is 1. The van der Waals surface area contributed by atoms with E-state index >= 15 is 0 Å². The summed E-state index contributed by atoms with van der Waals surface area (Å²) in [5, 5.41) is 4.26. The zero-order chi connectivity index (χ0) is 62.3. The maximum atomic E-state index is 9.97. The summed E-state index contributed by atoms with van der Waals surface area (Å²) in [4.78, 5) is 4.97. The molecule has 0 unspecified atom stereocenters. The summed E-state index contributed by atoms with van der Waals surface area (Å²) < 4.78 is 114. The molecule has 1 saturated carbocycles. The number of benzene rings is 9. The van der Waals surface area contributed by atoms with Gasteiger partial charge in [-0.2, -0.15) is 18.2 Å². The van der Waals surface area contributed by atoms with Crippen LogP contribution in [0.2, 0.25) is 0 Å². The van der Waals surface area contributed by atoms with Gasteiger partial charge in [-0.3, -0.25) is 4.57 Å². The van der Waals surface area contributed by atoms with Gasteiger partial charge in [-0.05, 0) is 135 Å². The third-order valence-corrected chi connectivity index (χ3v) is 15.6. The van der Waals surface area contributed by atoms with Gasteiger partial charge in [-0.15, -0.1) is 29.7 Å². The van der Waals surface area contributed by atoms with E-state index in [2.05, 4.69) is 135 Å². The van der Waals surface area contributed by atoms with Crippen LogP contribution in [0.3, 0.4) is 0 Å². The number of fused-ring (bicyclic) bond motifs is 7. The van der Waals surface area contributed by atoms with Crippen molar-refractivity contribution in [3.8, 4) is 56.6 Å². The van der Waals surface area contributed by atoms with Crippen molar-refractivity contribution in [1.82, 2.24) is 18.7 Å². The number of hydrogen-bond acceptors (Lipinski definition) is 2. The number of para-hydroxylation sites is 3. The Morgan fingerprint density at radius 2 is 1.27 bits per heavy atom. The van der Waals surface area contributed by atoms with E-state index in [9.17, 15) is 6.85 Å². The molecule has 13 aromatic rings. The van der Waals surface area contributed by atoms with E-state index in [0.29, 0.717) is 41.1 Å². The van der Waals surface area contributed by atoms with E-state index in [4.69, 9.17) is 17.9 Å². The Kier molecular flexibility index (Phi) is 9.83. The van der Waals surface area contributed by atoms with E-state index in [1.807, 2.05) is 54.7 Å².